The van der Waals surface area contributed by atoms with Crippen molar-refractivity contribution in [1.29, 1.82) is 0 Å². The summed E-state index contributed by atoms with van der Waals surface area (Å²) in [6.45, 7) is 7.93. The highest BCUT2D eigenvalue weighted by Gasteiger charge is 2.18. The summed E-state index contributed by atoms with van der Waals surface area (Å²) in [6, 6.07) is 8.43. The van der Waals surface area contributed by atoms with E-state index in [9.17, 15) is 5.11 Å². The first kappa shape index (κ1) is 17.2. The Labute approximate surface area is 123 Å². The molecule has 3 atom stereocenters. The average molecular weight is 279 g/mol. The molecule has 0 radical (unpaired) electrons. The minimum Gasteiger partial charge on any atom is -0.387 e. The van der Waals surface area contributed by atoms with Gasteiger partial charge in [-0.1, -0.05) is 45.0 Å². The van der Waals surface area contributed by atoms with Gasteiger partial charge in [-0.25, -0.2) is 0 Å². The molecule has 1 rings (SSSR count). The van der Waals surface area contributed by atoms with Gasteiger partial charge in [0.05, 0.1) is 12.7 Å². The van der Waals surface area contributed by atoms with Gasteiger partial charge in [0.2, 0.25) is 0 Å². The molecule has 0 bridgehead atoms. The van der Waals surface area contributed by atoms with Gasteiger partial charge in [0, 0.05) is 19.7 Å². The van der Waals surface area contributed by atoms with Crippen LogP contribution in [-0.2, 0) is 4.74 Å². The molecule has 3 nitrogen and oxygen atoms in total. The maximum Gasteiger partial charge on any atom is 0.0942 e. The maximum atomic E-state index is 10.5. The number of aliphatic hydroxyl groups excluding tert-OH is 1. The third-order valence-corrected chi connectivity index (χ3v) is 3.99. The van der Waals surface area contributed by atoms with Gasteiger partial charge in [0.1, 0.15) is 0 Å². The first-order valence-electron chi connectivity index (χ1n) is 7.64. The van der Waals surface area contributed by atoms with Crippen LogP contribution in [0.3, 0.4) is 0 Å². The second kappa shape index (κ2) is 9.11. The van der Waals surface area contributed by atoms with Gasteiger partial charge in [-0.2, -0.15) is 0 Å². The normalized spacial score (nSPS) is 15.8. The van der Waals surface area contributed by atoms with Gasteiger partial charge in [-0.05, 0) is 29.9 Å². The van der Waals surface area contributed by atoms with Crippen LogP contribution in [0.1, 0.15) is 56.8 Å². The monoisotopic (exact) mass is 279 g/mol. The zero-order valence-electron chi connectivity index (χ0n) is 13.2. The van der Waals surface area contributed by atoms with Gasteiger partial charge in [-0.15, -0.1) is 0 Å². The highest BCUT2D eigenvalue weighted by atomic mass is 16.5. The summed E-state index contributed by atoms with van der Waals surface area (Å²) < 4.78 is 5.03. The Morgan fingerprint density at radius 3 is 2.20 bits per heavy atom. The molecule has 1 aromatic carbocycles. The van der Waals surface area contributed by atoms with Gasteiger partial charge in [0.25, 0.3) is 0 Å². The molecule has 0 aliphatic carbocycles. The standard InChI is InChI=1S/C17H29NO2/c1-5-13(3)14-7-9-15(10-8-14)17(19)16(6-2)18-11-12-20-4/h7-10,13,16-19H,5-6,11-12H2,1-4H3. The lowest BCUT2D eigenvalue weighted by Crippen LogP contribution is -2.36. The van der Waals surface area contributed by atoms with Gasteiger partial charge in [-0.3, -0.25) is 0 Å². The van der Waals surface area contributed by atoms with Crippen LogP contribution in [0.25, 0.3) is 0 Å². The topological polar surface area (TPSA) is 41.5 Å². The Kier molecular flexibility index (Phi) is 7.82. The largest absolute Gasteiger partial charge is 0.387 e. The smallest absolute Gasteiger partial charge is 0.0942 e. The second-order valence-electron chi connectivity index (χ2n) is 5.38. The quantitative estimate of drug-likeness (QED) is 0.682. The molecule has 0 aliphatic rings. The molecular formula is C17H29NO2. The van der Waals surface area contributed by atoms with Gasteiger partial charge >= 0.3 is 0 Å². The van der Waals surface area contributed by atoms with Crippen LogP contribution in [0.4, 0.5) is 0 Å². The van der Waals surface area contributed by atoms with E-state index in [0.29, 0.717) is 12.5 Å². The molecule has 3 unspecified atom stereocenters. The molecule has 0 aliphatic heterocycles. The Balaban J connectivity index is 2.66. The van der Waals surface area contributed by atoms with E-state index in [-0.39, 0.29) is 6.04 Å². The Hall–Kier alpha value is -0.900. The zero-order chi connectivity index (χ0) is 15.0. The first-order valence-corrected chi connectivity index (χ1v) is 7.64. The number of aliphatic hydroxyl groups is 1. The molecule has 0 saturated heterocycles. The van der Waals surface area contributed by atoms with Crippen molar-refractivity contribution in [1.82, 2.24) is 5.32 Å². The van der Waals surface area contributed by atoms with E-state index in [1.807, 2.05) is 12.1 Å². The third-order valence-electron chi connectivity index (χ3n) is 3.99. The van der Waals surface area contributed by atoms with E-state index in [2.05, 4.69) is 38.2 Å². The lowest BCUT2D eigenvalue weighted by molar-refractivity contribution is 0.117. The minimum atomic E-state index is -0.470. The average Bonchev–Trinajstić information content (AvgIpc) is 2.50. The van der Waals surface area contributed by atoms with Crippen molar-refractivity contribution in [3.63, 3.8) is 0 Å². The summed E-state index contributed by atoms with van der Waals surface area (Å²) in [6.07, 6.45) is 1.55. The fraction of sp³-hybridized carbons (Fsp3) is 0.647. The molecule has 0 amide bonds. The van der Waals surface area contributed by atoms with Gasteiger partial charge < -0.3 is 15.2 Å². The molecule has 0 spiro atoms. The second-order valence-corrected chi connectivity index (χ2v) is 5.38. The number of ether oxygens (including phenoxy) is 1. The molecule has 2 N–H and O–H groups in total. The van der Waals surface area contributed by atoms with Crippen LogP contribution in [0, 0.1) is 0 Å². The highest BCUT2D eigenvalue weighted by molar-refractivity contribution is 5.27. The van der Waals surface area contributed by atoms with E-state index in [0.717, 1.165) is 24.9 Å². The van der Waals surface area contributed by atoms with Crippen LogP contribution in [0.15, 0.2) is 24.3 Å². The molecular weight excluding hydrogens is 250 g/mol. The van der Waals surface area contributed by atoms with Crippen LogP contribution in [0.5, 0.6) is 0 Å². The Morgan fingerprint density at radius 1 is 1.10 bits per heavy atom. The number of methoxy groups -OCH3 is 1. The maximum absolute atomic E-state index is 10.5. The van der Waals surface area contributed by atoms with Crippen molar-refractivity contribution in [2.24, 2.45) is 0 Å². The third kappa shape index (κ3) is 4.89. The first-order chi connectivity index (χ1) is 9.63. The lowest BCUT2D eigenvalue weighted by Gasteiger charge is -2.23. The Morgan fingerprint density at radius 2 is 1.70 bits per heavy atom. The molecule has 0 fully saturated rings. The van der Waals surface area contributed by atoms with Crippen molar-refractivity contribution in [2.45, 2.75) is 51.7 Å². The summed E-state index contributed by atoms with van der Waals surface area (Å²) in [5.41, 5.74) is 2.32. The summed E-state index contributed by atoms with van der Waals surface area (Å²) >= 11 is 0. The predicted octanol–water partition coefficient (Wildman–Crippen LogP) is 3.25. The predicted molar refractivity (Wildman–Crippen MR) is 84.1 cm³/mol. The van der Waals surface area contributed by atoms with E-state index in [1.165, 1.54) is 5.56 Å². The summed E-state index contributed by atoms with van der Waals surface area (Å²) in [4.78, 5) is 0. The van der Waals surface area contributed by atoms with Crippen LogP contribution in [-0.4, -0.2) is 31.4 Å². The van der Waals surface area contributed by atoms with E-state index in [1.54, 1.807) is 7.11 Å². The molecule has 0 saturated carbocycles. The van der Waals surface area contributed by atoms with E-state index >= 15 is 0 Å². The molecule has 114 valence electrons. The molecule has 3 heteroatoms. The van der Waals surface area contributed by atoms with Crippen molar-refractivity contribution < 1.29 is 9.84 Å². The zero-order valence-corrected chi connectivity index (χ0v) is 13.2. The number of nitrogens with one attached hydrogen (secondary N) is 1. The van der Waals surface area contributed by atoms with E-state index < -0.39 is 6.10 Å². The SMILES string of the molecule is CCC(C)c1ccc(C(O)C(CC)NCCOC)cc1. The minimum absolute atomic E-state index is 0.0691. The van der Waals surface area contributed by atoms with Crippen LogP contribution < -0.4 is 5.32 Å². The molecule has 0 aromatic heterocycles. The summed E-state index contributed by atoms with van der Waals surface area (Å²) in [7, 11) is 1.69. The number of hydrogen-bond donors (Lipinski definition) is 2. The fourth-order valence-corrected chi connectivity index (χ4v) is 2.32. The molecule has 0 heterocycles. The number of benzene rings is 1. The highest BCUT2D eigenvalue weighted by Crippen LogP contribution is 2.23. The van der Waals surface area contributed by atoms with Crippen molar-refractivity contribution in [3.05, 3.63) is 35.4 Å². The molecule has 1 aromatic rings. The van der Waals surface area contributed by atoms with Crippen molar-refractivity contribution in [3.8, 4) is 0 Å². The van der Waals surface area contributed by atoms with Crippen molar-refractivity contribution in [2.75, 3.05) is 20.3 Å². The van der Waals surface area contributed by atoms with Crippen LogP contribution in [0.2, 0.25) is 0 Å². The molecule has 20 heavy (non-hydrogen) atoms. The lowest BCUT2D eigenvalue weighted by atomic mass is 9.94. The summed E-state index contributed by atoms with van der Waals surface area (Å²) in [5, 5.41) is 13.8. The number of hydrogen-bond acceptors (Lipinski definition) is 3. The fourth-order valence-electron chi connectivity index (χ4n) is 2.32. The summed E-state index contributed by atoms with van der Waals surface area (Å²) in [5.74, 6) is 0.572. The van der Waals surface area contributed by atoms with Crippen molar-refractivity contribution >= 4 is 0 Å². The van der Waals surface area contributed by atoms with E-state index in [4.69, 9.17) is 4.74 Å². The number of rotatable bonds is 9. The van der Waals surface area contributed by atoms with Crippen LogP contribution >= 0.6 is 0 Å². The van der Waals surface area contributed by atoms with Gasteiger partial charge in [0.15, 0.2) is 0 Å². The Bertz CT molecular complexity index is 364.